The number of thioether (sulfide) groups is 1. The summed E-state index contributed by atoms with van der Waals surface area (Å²) in [4.78, 5) is 54.8. The topological polar surface area (TPSA) is 153 Å². The monoisotopic (exact) mass is 653 g/mol. The fourth-order valence-corrected chi connectivity index (χ4v) is 6.25. The molecule has 2 aliphatic heterocycles. The summed E-state index contributed by atoms with van der Waals surface area (Å²) in [7, 11) is 2.98. The van der Waals surface area contributed by atoms with Gasteiger partial charge in [-0.1, -0.05) is 36.4 Å². The molecule has 2 aromatic carbocycles. The zero-order chi connectivity index (χ0) is 33.6. The number of β-lactam (4-membered cyclic amide) rings is 1. The fourth-order valence-electron chi connectivity index (χ4n) is 4.93. The first-order chi connectivity index (χ1) is 21.9. The van der Waals surface area contributed by atoms with Crippen LogP contribution in [0.15, 0.2) is 65.9 Å². The van der Waals surface area contributed by atoms with Crippen LogP contribution < -0.4 is 20.1 Å². The molecule has 0 spiro atoms. The molecule has 3 amide bonds. The van der Waals surface area contributed by atoms with Crippen molar-refractivity contribution in [2.24, 2.45) is 0 Å². The highest BCUT2D eigenvalue weighted by Gasteiger charge is 2.54. The molecule has 2 aromatic rings. The third-order valence-electron chi connectivity index (χ3n) is 7.12. The van der Waals surface area contributed by atoms with Gasteiger partial charge in [-0.25, -0.2) is 9.59 Å². The van der Waals surface area contributed by atoms with E-state index in [4.69, 9.17) is 18.9 Å². The van der Waals surface area contributed by atoms with Gasteiger partial charge in [0.25, 0.3) is 5.91 Å². The van der Waals surface area contributed by atoms with E-state index in [1.165, 1.54) is 29.8 Å². The first-order valence-electron chi connectivity index (χ1n) is 14.6. The molecule has 1 unspecified atom stereocenters. The molecule has 2 heterocycles. The van der Waals surface area contributed by atoms with Crippen molar-refractivity contribution in [3.05, 3.63) is 82.6 Å². The summed E-state index contributed by atoms with van der Waals surface area (Å²) in [5.74, 6) is -0.435. The molecule has 13 heteroatoms. The summed E-state index contributed by atoms with van der Waals surface area (Å²) in [5.41, 5.74) is 1.50. The van der Waals surface area contributed by atoms with E-state index in [-0.39, 0.29) is 18.9 Å². The lowest BCUT2D eigenvalue weighted by molar-refractivity contribution is -0.153. The number of alkyl carbamates (subject to hydrolysis) is 1. The average molecular weight is 654 g/mol. The molecule has 12 nitrogen and oxygen atoms in total. The normalized spacial score (nSPS) is 18.3. The second-order valence-corrected chi connectivity index (χ2v) is 12.6. The summed E-state index contributed by atoms with van der Waals surface area (Å²) in [6, 6.07) is 9.51. The number of carbonyl (C=O) groups is 4. The molecule has 1 saturated heterocycles. The van der Waals surface area contributed by atoms with Gasteiger partial charge in [0.15, 0.2) is 0 Å². The van der Waals surface area contributed by atoms with Gasteiger partial charge < -0.3 is 34.7 Å². The number of esters is 1. The summed E-state index contributed by atoms with van der Waals surface area (Å²) in [5, 5.41) is 14.4. The largest absolute Gasteiger partial charge is 0.497 e. The number of rotatable bonds is 11. The minimum atomic E-state index is -1.27. The Morgan fingerprint density at radius 1 is 1.11 bits per heavy atom. The molecule has 1 fully saturated rings. The molecule has 246 valence electrons. The summed E-state index contributed by atoms with van der Waals surface area (Å²) in [6.45, 7) is 6.59. The van der Waals surface area contributed by atoms with Gasteiger partial charge >= 0.3 is 12.1 Å². The molecule has 0 aliphatic carbocycles. The Bertz CT molecular complexity index is 1530. The summed E-state index contributed by atoms with van der Waals surface area (Å²) >= 11 is 1.39. The Hall–Kier alpha value is -4.49. The van der Waals surface area contributed by atoms with E-state index in [1.807, 2.05) is 6.92 Å². The van der Waals surface area contributed by atoms with Crippen LogP contribution in [0.3, 0.4) is 0 Å². The second kappa shape index (κ2) is 14.7. The summed E-state index contributed by atoms with van der Waals surface area (Å²) in [6.07, 6.45) is 2.70. The van der Waals surface area contributed by atoms with Gasteiger partial charge in [0.1, 0.15) is 46.9 Å². The van der Waals surface area contributed by atoms with Crippen LogP contribution in [0.2, 0.25) is 0 Å². The molecule has 0 radical (unpaired) electrons. The number of nitrogens with one attached hydrogen (secondary N) is 2. The van der Waals surface area contributed by atoms with Crippen LogP contribution in [0.5, 0.6) is 11.5 Å². The lowest BCUT2D eigenvalue weighted by atomic mass is 10.00. The Balaban J connectivity index is 1.54. The first-order valence-corrected chi connectivity index (χ1v) is 15.6. The average Bonchev–Trinajstić information content (AvgIpc) is 3.03. The Morgan fingerprint density at radius 3 is 2.43 bits per heavy atom. The SMILES string of the molecule is C/C=C\C1=C(C(=O)OCc2ccc(OC)cc2)N2C(=O)C(NC(=O)[C@H](NC(=O)OC(C)(C)C)c3ccc(CO)c(OC)c3)[C@H]2SC1. The zero-order valence-electron chi connectivity index (χ0n) is 26.6. The maximum absolute atomic E-state index is 13.7. The van der Waals surface area contributed by atoms with E-state index in [1.54, 1.807) is 76.4 Å². The number of allylic oxidation sites excluding steroid dienone is 2. The van der Waals surface area contributed by atoms with Crippen molar-refractivity contribution in [1.82, 2.24) is 15.5 Å². The van der Waals surface area contributed by atoms with Gasteiger partial charge in [-0.3, -0.25) is 14.5 Å². The minimum absolute atomic E-state index is 0.00794. The number of hydrogen-bond acceptors (Lipinski definition) is 10. The highest BCUT2D eigenvalue weighted by Crippen LogP contribution is 2.41. The Labute approximate surface area is 272 Å². The standard InChI is InChI=1S/C33H39N3O9S/c1-7-8-22-18-46-30-26(29(39)36(30)27(22)31(40)44-17-19-9-13-23(42-5)14-10-19)34-28(38)25(35-32(41)45-33(2,3)4)20-11-12-21(16-37)24(15-20)43-6/h7-15,25-26,30,37H,16-18H2,1-6H3,(H,34,38)(H,35,41)/b8-7-/t25-,26?,30-/m1/s1. The number of amides is 3. The van der Waals surface area contributed by atoms with E-state index >= 15 is 0 Å². The highest BCUT2D eigenvalue weighted by atomic mass is 32.2. The van der Waals surface area contributed by atoms with Crippen molar-refractivity contribution in [3.8, 4) is 11.5 Å². The lowest BCUT2D eigenvalue weighted by Gasteiger charge is -2.49. The van der Waals surface area contributed by atoms with Crippen LogP contribution in [0.25, 0.3) is 0 Å². The molecule has 0 aromatic heterocycles. The Kier molecular flexibility index (Phi) is 11.0. The number of nitrogens with zero attached hydrogens (tertiary/aromatic N) is 1. The van der Waals surface area contributed by atoms with Crippen molar-refractivity contribution in [2.75, 3.05) is 20.0 Å². The van der Waals surface area contributed by atoms with Gasteiger partial charge in [0.05, 0.1) is 20.8 Å². The van der Waals surface area contributed by atoms with Crippen molar-refractivity contribution in [1.29, 1.82) is 0 Å². The number of aliphatic hydroxyl groups excluding tert-OH is 1. The predicted octanol–water partition coefficient (Wildman–Crippen LogP) is 3.74. The summed E-state index contributed by atoms with van der Waals surface area (Å²) < 4.78 is 21.5. The maximum atomic E-state index is 13.7. The van der Waals surface area contributed by atoms with Crippen LogP contribution in [-0.2, 0) is 37.1 Å². The van der Waals surface area contributed by atoms with E-state index in [9.17, 15) is 24.3 Å². The second-order valence-electron chi connectivity index (χ2n) is 11.5. The molecule has 0 bridgehead atoms. The van der Waals surface area contributed by atoms with Crippen molar-refractivity contribution >= 4 is 35.6 Å². The quantitative estimate of drug-likeness (QED) is 0.242. The van der Waals surface area contributed by atoms with Gasteiger partial charge in [-0.2, -0.15) is 0 Å². The number of fused-ring (bicyclic) bond motifs is 1. The zero-order valence-corrected chi connectivity index (χ0v) is 27.4. The van der Waals surface area contributed by atoms with Crippen LogP contribution >= 0.6 is 11.8 Å². The first kappa shape index (κ1) is 34.4. The molecule has 3 atom stereocenters. The number of carbonyl (C=O) groups excluding carboxylic acids is 4. The van der Waals surface area contributed by atoms with E-state index in [0.717, 1.165) is 5.56 Å². The molecule has 4 rings (SSSR count). The van der Waals surface area contributed by atoms with E-state index < -0.39 is 46.9 Å². The molecule has 2 aliphatic rings. The van der Waals surface area contributed by atoms with Gasteiger partial charge in [-0.05, 0) is 62.6 Å². The van der Waals surface area contributed by atoms with Crippen molar-refractivity contribution < 1.29 is 43.2 Å². The van der Waals surface area contributed by atoms with Crippen molar-refractivity contribution in [2.45, 2.75) is 64.0 Å². The molecule has 0 saturated carbocycles. The van der Waals surface area contributed by atoms with Crippen LogP contribution in [-0.4, -0.2) is 70.9 Å². The van der Waals surface area contributed by atoms with Crippen LogP contribution in [0, 0.1) is 0 Å². The van der Waals surface area contributed by atoms with Gasteiger partial charge in [-0.15, -0.1) is 11.8 Å². The van der Waals surface area contributed by atoms with Gasteiger partial charge in [0.2, 0.25) is 5.91 Å². The van der Waals surface area contributed by atoms with Crippen molar-refractivity contribution in [3.63, 3.8) is 0 Å². The number of ether oxygens (including phenoxy) is 4. The smallest absolute Gasteiger partial charge is 0.408 e. The molecular weight excluding hydrogens is 614 g/mol. The molecule has 3 N–H and O–H groups in total. The number of aliphatic hydroxyl groups is 1. The maximum Gasteiger partial charge on any atom is 0.408 e. The number of benzene rings is 2. The van der Waals surface area contributed by atoms with Gasteiger partial charge in [0, 0.05) is 11.3 Å². The number of hydrogen-bond donors (Lipinski definition) is 3. The minimum Gasteiger partial charge on any atom is -0.497 e. The number of methoxy groups -OCH3 is 2. The predicted molar refractivity (Wildman–Crippen MR) is 171 cm³/mol. The molecule has 46 heavy (non-hydrogen) atoms. The lowest BCUT2D eigenvalue weighted by Crippen LogP contribution is -2.71. The van der Waals surface area contributed by atoms with Crippen LogP contribution in [0.1, 0.15) is 50.4 Å². The van der Waals surface area contributed by atoms with E-state index in [0.29, 0.717) is 34.0 Å². The molecular formula is C33H39N3O9S. The fraction of sp³-hybridized carbons (Fsp3) is 0.394. The van der Waals surface area contributed by atoms with Crippen LogP contribution in [0.4, 0.5) is 4.79 Å². The Morgan fingerprint density at radius 2 is 1.83 bits per heavy atom. The highest BCUT2D eigenvalue weighted by molar-refractivity contribution is 8.00. The van der Waals surface area contributed by atoms with E-state index in [2.05, 4.69) is 10.6 Å². The third kappa shape index (κ3) is 7.83. The third-order valence-corrected chi connectivity index (χ3v) is 8.43.